The summed E-state index contributed by atoms with van der Waals surface area (Å²) in [5.74, 6) is 8.22. The normalized spacial score (nSPS) is 10.3. The molecule has 0 saturated heterocycles. The van der Waals surface area contributed by atoms with Gasteiger partial charge in [-0.05, 0) is 34.5 Å². The zero-order valence-corrected chi connectivity index (χ0v) is 13.6. The number of nitrogen functional groups attached to an aromatic ring is 1. The second kappa shape index (κ2) is 7.24. The van der Waals surface area contributed by atoms with Crippen molar-refractivity contribution in [3.05, 3.63) is 34.6 Å². The molecule has 2 aromatic rings. The van der Waals surface area contributed by atoms with Gasteiger partial charge in [0.15, 0.2) is 0 Å². The van der Waals surface area contributed by atoms with E-state index in [2.05, 4.69) is 43.6 Å². The third-order valence-corrected chi connectivity index (χ3v) is 3.52. The molecule has 4 N–H and O–H groups in total. The van der Waals surface area contributed by atoms with Gasteiger partial charge in [0.1, 0.15) is 23.2 Å². The minimum atomic E-state index is 0.579. The van der Waals surface area contributed by atoms with Crippen molar-refractivity contribution in [2.75, 3.05) is 17.9 Å². The molecule has 0 aliphatic rings. The van der Waals surface area contributed by atoms with Crippen molar-refractivity contribution in [1.29, 1.82) is 0 Å². The second-order valence-corrected chi connectivity index (χ2v) is 5.27. The lowest BCUT2D eigenvalue weighted by molar-refractivity contribution is 0.415. The summed E-state index contributed by atoms with van der Waals surface area (Å²) in [5.41, 5.74) is 3.42. The molecule has 1 aromatic carbocycles. The van der Waals surface area contributed by atoms with Crippen molar-refractivity contribution >= 4 is 33.3 Å². The first-order valence-corrected chi connectivity index (χ1v) is 7.40. The van der Waals surface area contributed by atoms with E-state index in [1.54, 1.807) is 13.2 Å². The number of hydrogen-bond acceptors (Lipinski definition) is 6. The number of rotatable bonds is 6. The fraction of sp³-hybridized carbons (Fsp3) is 0.286. The van der Waals surface area contributed by atoms with Crippen LogP contribution in [0.1, 0.15) is 19.2 Å². The summed E-state index contributed by atoms with van der Waals surface area (Å²) in [6, 6.07) is 7.44. The molecule has 7 heteroatoms. The zero-order chi connectivity index (χ0) is 15.2. The maximum atomic E-state index is 5.46. The monoisotopic (exact) mass is 351 g/mol. The molecule has 1 aromatic heterocycles. The lowest BCUT2D eigenvalue weighted by atomic mass is 10.3. The van der Waals surface area contributed by atoms with Gasteiger partial charge in [-0.15, -0.1) is 0 Å². The molecule has 0 aliphatic carbocycles. The zero-order valence-electron chi connectivity index (χ0n) is 12.0. The van der Waals surface area contributed by atoms with E-state index in [4.69, 9.17) is 10.6 Å². The highest BCUT2D eigenvalue weighted by atomic mass is 79.9. The van der Waals surface area contributed by atoms with Gasteiger partial charge in [-0.2, -0.15) is 0 Å². The van der Waals surface area contributed by atoms with Gasteiger partial charge in [0.2, 0.25) is 0 Å². The lowest BCUT2D eigenvalue weighted by Gasteiger charge is -2.12. The number of methoxy groups -OCH3 is 1. The number of ether oxygens (including phenoxy) is 1. The number of nitrogens with one attached hydrogen (secondary N) is 2. The first-order chi connectivity index (χ1) is 10.2. The molecule has 0 amide bonds. The molecule has 0 fully saturated rings. The fourth-order valence-corrected chi connectivity index (χ4v) is 2.18. The lowest BCUT2D eigenvalue weighted by Crippen LogP contribution is -2.11. The van der Waals surface area contributed by atoms with Crippen LogP contribution in [0.25, 0.3) is 0 Å². The van der Waals surface area contributed by atoms with Crippen molar-refractivity contribution in [1.82, 2.24) is 9.97 Å². The molecule has 6 nitrogen and oxygen atoms in total. The van der Waals surface area contributed by atoms with Gasteiger partial charge in [0.05, 0.1) is 12.8 Å². The van der Waals surface area contributed by atoms with Crippen molar-refractivity contribution in [3.8, 4) is 5.75 Å². The van der Waals surface area contributed by atoms with Gasteiger partial charge in [-0.25, -0.2) is 15.8 Å². The van der Waals surface area contributed by atoms with Gasteiger partial charge >= 0.3 is 0 Å². The van der Waals surface area contributed by atoms with E-state index in [0.717, 1.165) is 34.6 Å². The summed E-state index contributed by atoms with van der Waals surface area (Å²) in [5, 5.41) is 3.25. The van der Waals surface area contributed by atoms with Crippen molar-refractivity contribution in [3.63, 3.8) is 0 Å². The van der Waals surface area contributed by atoms with Crippen LogP contribution >= 0.6 is 15.9 Å². The average Bonchev–Trinajstić information content (AvgIpc) is 2.49. The summed E-state index contributed by atoms with van der Waals surface area (Å²) in [6.45, 7) is 2.08. The molecule has 0 radical (unpaired) electrons. The third kappa shape index (κ3) is 4.05. The average molecular weight is 352 g/mol. The SMILES string of the molecule is CCCc1nc(NN)cc(Nc2cc(OC)ccc2Br)n1. The second-order valence-electron chi connectivity index (χ2n) is 4.42. The highest BCUT2D eigenvalue weighted by molar-refractivity contribution is 9.10. The Morgan fingerprint density at radius 1 is 1.24 bits per heavy atom. The van der Waals surface area contributed by atoms with Crippen LogP contribution in [0.4, 0.5) is 17.3 Å². The number of hydrogen-bond donors (Lipinski definition) is 3. The quantitative estimate of drug-likeness (QED) is 0.547. The molecular formula is C14H18BrN5O. The molecule has 0 saturated carbocycles. The van der Waals surface area contributed by atoms with Gasteiger partial charge in [-0.1, -0.05) is 6.92 Å². The molecular weight excluding hydrogens is 334 g/mol. The molecule has 2 rings (SSSR count). The number of nitrogens with zero attached hydrogens (tertiary/aromatic N) is 2. The molecule has 0 aliphatic heterocycles. The van der Waals surface area contributed by atoms with Crippen LogP contribution in [-0.4, -0.2) is 17.1 Å². The van der Waals surface area contributed by atoms with Crippen LogP contribution in [0.5, 0.6) is 5.75 Å². The molecule has 1 heterocycles. The smallest absolute Gasteiger partial charge is 0.145 e. The number of halogens is 1. The molecule has 0 bridgehead atoms. The molecule has 0 spiro atoms. The van der Waals surface area contributed by atoms with Gasteiger partial charge in [0.25, 0.3) is 0 Å². The Kier molecular flexibility index (Phi) is 5.35. The standard InChI is InChI=1S/C14H18BrN5O/c1-3-4-12-18-13(8-14(19-12)20-16)17-11-7-9(21-2)5-6-10(11)15/h5-8H,3-4,16H2,1-2H3,(H2,17,18,19,20). The van der Waals surface area contributed by atoms with E-state index in [-0.39, 0.29) is 0 Å². The number of benzene rings is 1. The molecule has 21 heavy (non-hydrogen) atoms. The minimum absolute atomic E-state index is 0.579. The van der Waals surface area contributed by atoms with Crippen LogP contribution in [0.2, 0.25) is 0 Å². The number of hydrazine groups is 1. The van der Waals surface area contributed by atoms with Crippen LogP contribution < -0.4 is 21.3 Å². The Bertz CT molecular complexity index is 620. The van der Waals surface area contributed by atoms with E-state index in [9.17, 15) is 0 Å². The Labute approximate surface area is 132 Å². The highest BCUT2D eigenvalue weighted by Gasteiger charge is 2.07. The molecule has 0 unspecified atom stereocenters. The summed E-state index contributed by atoms with van der Waals surface area (Å²) < 4.78 is 6.15. The van der Waals surface area contributed by atoms with Crippen molar-refractivity contribution in [2.24, 2.45) is 5.84 Å². The Hall–Kier alpha value is -1.86. The largest absolute Gasteiger partial charge is 0.497 e. The number of nitrogens with two attached hydrogens (primary N) is 1. The number of aryl methyl sites for hydroxylation is 1. The topological polar surface area (TPSA) is 85.1 Å². The maximum absolute atomic E-state index is 5.46. The first kappa shape index (κ1) is 15.5. The summed E-state index contributed by atoms with van der Waals surface area (Å²) in [4.78, 5) is 8.80. The van der Waals surface area contributed by atoms with E-state index < -0.39 is 0 Å². The Morgan fingerprint density at radius 3 is 2.67 bits per heavy atom. The third-order valence-electron chi connectivity index (χ3n) is 2.83. The van der Waals surface area contributed by atoms with E-state index in [0.29, 0.717) is 11.6 Å². The van der Waals surface area contributed by atoms with Gasteiger partial charge < -0.3 is 15.5 Å². The number of anilines is 3. The predicted octanol–water partition coefficient (Wildman–Crippen LogP) is 3.23. The Morgan fingerprint density at radius 2 is 2.00 bits per heavy atom. The van der Waals surface area contributed by atoms with Crippen LogP contribution in [0, 0.1) is 0 Å². The summed E-state index contributed by atoms with van der Waals surface area (Å²) in [7, 11) is 1.63. The highest BCUT2D eigenvalue weighted by Crippen LogP contribution is 2.29. The first-order valence-electron chi connectivity index (χ1n) is 6.61. The summed E-state index contributed by atoms with van der Waals surface area (Å²) >= 11 is 3.50. The van der Waals surface area contributed by atoms with Crippen LogP contribution in [0.3, 0.4) is 0 Å². The van der Waals surface area contributed by atoms with Crippen LogP contribution in [-0.2, 0) is 6.42 Å². The van der Waals surface area contributed by atoms with E-state index >= 15 is 0 Å². The fourth-order valence-electron chi connectivity index (χ4n) is 1.84. The predicted molar refractivity (Wildman–Crippen MR) is 87.8 cm³/mol. The van der Waals surface area contributed by atoms with Crippen LogP contribution in [0.15, 0.2) is 28.7 Å². The van der Waals surface area contributed by atoms with Crippen molar-refractivity contribution in [2.45, 2.75) is 19.8 Å². The Balaban J connectivity index is 2.32. The van der Waals surface area contributed by atoms with Crippen molar-refractivity contribution < 1.29 is 4.74 Å². The minimum Gasteiger partial charge on any atom is -0.497 e. The molecule has 112 valence electrons. The maximum Gasteiger partial charge on any atom is 0.145 e. The molecule has 0 atom stereocenters. The van der Waals surface area contributed by atoms with Gasteiger partial charge in [-0.3, -0.25) is 0 Å². The van der Waals surface area contributed by atoms with E-state index in [1.807, 2.05) is 18.2 Å². The summed E-state index contributed by atoms with van der Waals surface area (Å²) in [6.07, 6.45) is 1.76. The number of aromatic nitrogens is 2. The van der Waals surface area contributed by atoms with Gasteiger partial charge in [0, 0.05) is 23.0 Å². The van der Waals surface area contributed by atoms with E-state index in [1.165, 1.54) is 0 Å².